The molecular formula is C22H25N3O4. The van der Waals surface area contributed by atoms with Gasteiger partial charge in [-0.15, -0.1) is 0 Å². The number of hydrogen-bond donors (Lipinski definition) is 3. The Labute approximate surface area is 169 Å². The molecule has 1 saturated heterocycles. The van der Waals surface area contributed by atoms with Gasteiger partial charge in [-0.2, -0.15) is 0 Å². The van der Waals surface area contributed by atoms with Crippen molar-refractivity contribution in [1.82, 2.24) is 9.55 Å². The number of ether oxygens (including phenoxy) is 1. The van der Waals surface area contributed by atoms with Crippen molar-refractivity contribution in [3.05, 3.63) is 42.1 Å². The number of benzene rings is 2. The maximum atomic E-state index is 10.5. The van der Waals surface area contributed by atoms with Gasteiger partial charge in [0.25, 0.3) is 6.01 Å². The number of aryl methyl sites for hydroxylation is 1. The first-order chi connectivity index (χ1) is 14.0. The van der Waals surface area contributed by atoms with Crippen molar-refractivity contribution < 1.29 is 20.1 Å². The largest absolute Gasteiger partial charge is 0.508 e. The van der Waals surface area contributed by atoms with Crippen LogP contribution in [0.1, 0.15) is 25.3 Å². The monoisotopic (exact) mass is 395 g/mol. The molecule has 4 rings (SSSR count). The fraction of sp³-hybridized carbons (Fsp3) is 0.318. The van der Waals surface area contributed by atoms with Crippen LogP contribution in [0.3, 0.4) is 0 Å². The second-order valence-electron chi connectivity index (χ2n) is 7.18. The smallest absolute Gasteiger partial charge is 0.298 e. The number of methoxy groups -OCH3 is 1. The molecule has 0 atom stereocenters. The van der Waals surface area contributed by atoms with Crippen molar-refractivity contribution in [3.63, 3.8) is 0 Å². The van der Waals surface area contributed by atoms with E-state index in [2.05, 4.69) is 9.88 Å². The quantitative estimate of drug-likeness (QED) is 0.608. The molecule has 1 aliphatic rings. The SMILES string of the molecule is CCc1cc(-c2cnc(O)n2-c2ccc(OC)c(N3CCCC3)c2)c(O)cc1O. The van der Waals surface area contributed by atoms with Gasteiger partial charge in [-0.05, 0) is 49.1 Å². The standard InChI is InChI=1S/C22H25N3O4/c1-3-14-10-16(20(27)12-19(14)26)18-13-23-22(28)25(18)15-6-7-21(29-2)17(11-15)24-8-4-5-9-24/h6-7,10-13,26-27H,3-5,8-9H2,1-2H3,(H,23,28). The van der Waals surface area contributed by atoms with Gasteiger partial charge in [0.1, 0.15) is 17.2 Å². The first-order valence-corrected chi connectivity index (χ1v) is 9.78. The minimum absolute atomic E-state index is 0.0461. The molecule has 1 aliphatic heterocycles. The predicted octanol–water partition coefficient (Wildman–Crippen LogP) is 3.83. The van der Waals surface area contributed by atoms with Crippen LogP contribution in [-0.2, 0) is 6.42 Å². The molecule has 0 spiro atoms. The Balaban J connectivity index is 1.86. The lowest BCUT2D eigenvalue weighted by molar-refractivity contribution is 0.413. The van der Waals surface area contributed by atoms with Crippen molar-refractivity contribution in [2.75, 3.05) is 25.1 Å². The van der Waals surface area contributed by atoms with Gasteiger partial charge in [0.2, 0.25) is 0 Å². The highest BCUT2D eigenvalue weighted by molar-refractivity contribution is 5.73. The minimum atomic E-state index is -0.178. The number of imidazole rings is 1. The van der Waals surface area contributed by atoms with Gasteiger partial charge in [0, 0.05) is 24.7 Å². The van der Waals surface area contributed by atoms with Crippen molar-refractivity contribution >= 4 is 5.69 Å². The number of anilines is 1. The van der Waals surface area contributed by atoms with E-state index in [4.69, 9.17) is 4.74 Å². The van der Waals surface area contributed by atoms with Crippen LogP contribution < -0.4 is 9.64 Å². The molecule has 0 amide bonds. The summed E-state index contributed by atoms with van der Waals surface area (Å²) >= 11 is 0. The van der Waals surface area contributed by atoms with Gasteiger partial charge in [0.15, 0.2) is 0 Å². The van der Waals surface area contributed by atoms with E-state index in [1.54, 1.807) is 17.7 Å². The first-order valence-electron chi connectivity index (χ1n) is 9.78. The van der Waals surface area contributed by atoms with Crippen LogP contribution >= 0.6 is 0 Å². The van der Waals surface area contributed by atoms with Crippen molar-refractivity contribution in [2.45, 2.75) is 26.2 Å². The Kier molecular flexibility index (Phi) is 4.96. The zero-order valence-corrected chi connectivity index (χ0v) is 16.6. The molecule has 0 saturated carbocycles. The fourth-order valence-electron chi connectivity index (χ4n) is 3.92. The summed E-state index contributed by atoms with van der Waals surface area (Å²) in [6.45, 7) is 3.85. The van der Waals surface area contributed by atoms with Gasteiger partial charge in [-0.25, -0.2) is 4.98 Å². The summed E-state index contributed by atoms with van der Waals surface area (Å²) in [6.07, 6.45) is 4.40. The average molecular weight is 395 g/mol. The van der Waals surface area contributed by atoms with E-state index in [-0.39, 0.29) is 17.5 Å². The molecule has 0 bridgehead atoms. The molecule has 152 valence electrons. The zero-order chi connectivity index (χ0) is 20.5. The molecule has 2 heterocycles. The van der Waals surface area contributed by atoms with E-state index in [9.17, 15) is 15.3 Å². The zero-order valence-electron chi connectivity index (χ0n) is 16.6. The van der Waals surface area contributed by atoms with E-state index in [0.717, 1.165) is 37.4 Å². The van der Waals surface area contributed by atoms with Crippen molar-refractivity contribution in [2.24, 2.45) is 0 Å². The van der Waals surface area contributed by atoms with Gasteiger partial charge < -0.3 is 25.0 Å². The number of phenolic OH excluding ortho intramolecular Hbond substituents is 2. The Morgan fingerprint density at radius 3 is 2.48 bits per heavy atom. The fourth-order valence-corrected chi connectivity index (χ4v) is 3.92. The number of nitrogens with zero attached hydrogens (tertiary/aromatic N) is 3. The summed E-state index contributed by atoms with van der Waals surface area (Å²) in [4.78, 5) is 6.33. The number of rotatable bonds is 5. The third-order valence-corrected chi connectivity index (χ3v) is 5.46. The molecule has 0 unspecified atom stereocenters. The Morgan fingerprint density at radius 1 is 1.03 bits per heavy atom. The topological polar surface area (TPSA) is 91.0 Å². The van der Waals surface area contributed by atoms with Gasteiger partial charge in [0.05, 0.1) is 30.4 Å². The summed E-state index contributed by atoms with van der Waals surface area (Å²) in [6, 6.07) is 8.56. The molecule has 7 nitrogen and oxygen atoms in total. The normalized spacial score (nSPS) is 13.8. The van der Waals surface area contributed by atoms with Crippen LogP contribution in [0.5, 0.6) is 23.3 Å². The molecule has 3 aromatic rings. The molecule has 2 aromatic carbocycles. The summed E-state index contributed by atoms with van der Waals surface area (Å²) in [7, 11) is 1.65. The Morgan fingerprint density at radius 2 is 1.79 bits per heavy atom. The Bertz CT molecular complexity index is 1040. The molecule has 1 aromatic heterocycles. The van der Waals surface area contributed by atoms with E-state index in [1.807, 2.05) is 25.1 Å². The number of hydrogen-bond acceptors (Lipinski definition) is 6. The summed E-state index contributed by atoms with van der Waals surface area (Å²) in [5.41, 5.74) is 3.41. The van der Waals surface area contributed by atoms with Crippen molar-refractivity contribution in [1.29, 1.82) is 0 Å². The second kappa shape index (κ2) is 7.58. The van der Waals surface area contributed by atoms with E-state index in [1.165, 1.54) is 12.3 Å². The van der Waals surface area contributed by atoms with Crippen LogP contribution in [0, 0.1) is 0 Å². The molecule has 29 heavy (non-hydrogen) atoms. The molecular weight excluding hydrogens is 370 g/mol. The third-order valence-electron chi connectivity index (χ3n) is 5.46. The third kappa shape index (κ3) is 3.33. The molecule has 3 N–H and O–H groups in total. The second-order valence-corrected chi connectivity index (χ2v) is 7.18. The summed E-state index contributed by atoms with van der Waals surface area (Å²) in [5.74, 6) is 0.747. The highest BCUT2D eigenvalue weighted by atomic mass is 16.5. The molecule has 7 heteroatoms. The lowest BCUT2D eigenvalue weighted by Gasteiger charge is -2.22. The van der Waals surface area contributed by atoms with E-state index >= 15 is 0 Å². The highest BCUT2D eigenvalue weighted by Gasteiger charge is 2.21. The number of aromatic nitrogens is 2. The van der Waals surface area contributed by atoms with E-state index < -0.39 is 0 Å². The lowest BCUT2D eigenvalue weighted by Crippen LogP contribution is -2.18. The number of aromatic hydroxyl groups is 3. The Hall–Kier alpha value is -3.35. The van der Waals surface area contributed by atoms with Crippen LogP contribution in [0.15, 0.2) is 36.5 Å². The van der Waals surface area contributed by atoms with Gasteiger partial charge >= 0.3 is 0 Å². The first kappa shape index (κ1) is 19.0. The van der Waals surface area contributed by atoms with E-state index in [0.29, 0.717) is 28.9 Å². The molecule has 1 fully saturated rings. The van der Waals surface area contributed by atoms with Gasteiger partial charge in [-0.1, -0.05) is 6.92 Å². The predicted molar refractivity (Wildman–Crippen MR) is 111 cm³/mol. The average Bonchev–Trinajstić information content (AvgIpc) is 3.38. The van der Waals surface area contributed by atoms with Crippen LogP contribution in [0.25, 0.3) is 16.9 Å². The molecule has 0 radical (unpaired) electrons. The molecule has 0 aliphatic carbocycles. The highest BCUT2D eigenvalue weighted by Crippen LogP contribution is 2.39. The maximum absolute atomic E-state index is 10.5. The van der Waals surface area contributed by atoms with Crippen LogP contribution in [-0.4, -0.2) is 45.1 Å². The summed E-state index contributed by atoms with van der Waals surface area (Å²) in [5, 5.41) is 30.9. The maximum Gasteiger partial charge on any atom is 0.298 e. The lowest BCUT2D eigenvalue weighted by atomic mass is 10.0. The van der Waals surface area contributed by atoms with Crippen LogP contribution in [0.4, 0.5) is 5.69 Å². The number of phenols is 2. The summed E-state index contributed by atoms with van der Waals surface area (Å²) < 4.78 is 7.13. The van der Waals surface area contributed by atoms with Gasteiger partial charge in [-0.3, -0.25) is 4.57 Å². The van der Waals surface area contributed by atoms with Crippen LogP contribution in [0.2, 0.25) is 0 Å². The van der Waals surface area contributed by atoms with Crippen molar-refractivity contribution in [3.8, 4) is 40.2 Å². The minimum Gasteiger partial charge on any atom is -0.508 e.